The van der Waals surface area contributed by atoms with E-state index in [0.29, 0.717) is 4.12 Å². The Morgan fingerprint density at radius 2 is 1.33 bits per heavy atom. The van der Waals surface area contributed by atoms with Crippen LogP contribution in [-0.2, 0) is 4.43 Å². The van der Waals surface area contributed by atoms with Crippen molar-refractivity contribution < 1.29 is 9.16 Å². The van der Waals surface area contributed by atoms with Crippen molar-refractivity contribution in [3.63, 3.8) is 0 Å². The first kappa shape index (κ1) is 25.0. The fourth-order valence-electron chi connectivity index (χ4n) is 4.11. The third-order valence-electron chi connectivity index (χ3n) is 5.53. The summed E-state index contributed by atoms with van der Waals surface area (Å²) in [4.78, 5) is 0. The molecule has 0 aliphatic rings. The van der Waals surface area contributed by atoms with Crippen LogP contribution >= 0.6 is 0 Å². The summed E-state index contributed by atoms with van der Waals surface area (Å²) in [5.74, 6) is 1.03. The molecule has 1 unspecified atom stereocenters. The van der Waals surface area contributed by atoms with Crippen LogP contribution in [0.15, 0.2) is 24.3 Å². The van der Waals surface area contributed by atoms with Crippen LogP contribution in [0.4, 0.5) is 0 Å². The van der Waals surface area contributed by atoms with Gasteiger partial charge in [-0.05, 0) is 0 Å². The number of hydrogen-bond acceptors (Lipinski definition) is 2. The maximum absolute atomic E-state index is 7.08. The Kier molecular flexibility index (Phi) is 11.6. The summed E-state index contributed by atoms with van der Waals surface area (Å²) in [7, 11) is 0.142. The molecule has 1 rings (SSSR count). The van der Waals surface area contributed by atoms with Gasteiger partial charge in [0.25, 0.3) is 0 Å². The van der Waals surface area contributed by atoms with Crippen molar-refractivity contribution in [2.75, 3.05) is 7.11 Å². The van der Waals surface area contributed by atoms with E-state index in [1.807, 2.05) is 7.11 Å². The molecule has 0 saturated heterocycles. The summed E-state index contributed by atoms with van der Waals surface area (Å²) in [5, 5.41) is 0. The van der Waals surface area contributed by atoms with Crippen molar-refractivity contribution in [1.29, 1.82) is 0 Å². The number of ether oxygens (including phenoxy) is 1. The molecule has 0 aromatic heterocycles. The standard InChI is InChI=1S/C11H17O2Si.3C4H9.Sn/c1-12-11-8-6-5-7-10(11)9-13-14(2,3)4;3*1-3-4-2;/h5-9H,1-4H3;3*1,3-4H2,2H3;. The first-order chi connectivity index (χ1) is 12.8. The van der Waals surface area contributed by atoms with Gasteiger partial charge >= 0.3 is 175 Å². The van der Waals surface area contributed by atoms with E-state index in [2.05, 4.69) is 64.7 Å². The quantitative estimate of drug-likeness (QED) is 0.242. The second-order valence-corrected chi connectivity index (χ2v) is 27.0. The van der Waals surface area contributed by atoms with Gasteiger partial charge in [0, 0.05) is 0 Å². The predicted molar refractivity (Wildman–Crippen MR) is 125 cm³/mol. The second-order valence-electron chi connectivity index (χ2n) is 9.03. The average molecular weight is 499 g/mol. The molecule has 0 spiro atoms. The second kappa shape index (κ2) is 12.5. The molecule has 27 heavy (non-hydrogen) atoms. The summed E-state index contributed by atoms with van der Waals surface area (Å²) in [6.45, 7) is 14.1. The summed E-state index contributed by atoms with van der Waals surface area (Å²) in [5.41, 5.74) is 1.35. The molecule has 156 valence electrons. The number of methoxy groups -OCH3 is 1. The summed E-state index contributed by atoms with van der Waals surface area (Å²) < 4.78 is 17.6. The summed E-state index contributed by atoms with van der Waals surface area (Å²) >= 11 is -2.61. The third-order valence-corrected chi connectivity index (χ3v) is 23.1. The van der Waals surface area contributed by atoms with Crippen molar-refractivity contribution in [2.45, 2.75) is 96.4 Å². The molecule has 0 N–H and O–H groups in total. The van der Waals surface area contributed by atoms with Crippen molar-refractivity contribution in [1.82, 2.24) is 0 Å². The number of benzene rings is 1. The monoisotopic (exact) mass is 500 g/mol. The van der Waals surface area contributed by atoms with E-state index in [-0.39, 0.29) is 0 Å². The first-order valence-electron chi connectivity index (χ1n) is 11.1. The van der Waals surface area contributed by atoms with Gasteiger partial charge in [-0.2, -0.15) is 0 Å². The Balaban J connectivity index is 3.48. The van der Waals surface area contributed by atoms with E-state index in [4.69, 9.17) is 9.16 Å². The van der Waals surface area contributed by atoms with Gasteiger partial charge in [-0.1, -0.05) is 0 Å². The fraction of sp³-hybridized carbons (Fsp3) is 0.739. The number of hydrogen-bond donors (Lipinski definition) is 0. The predicted octanol–water partition coefficient (Wildman–Crippen LogP) is 7.98. The minimum absolute atomic E-state index is 0.340. The molecule has 0 amide bonds. The van der Waals surface area contributed by atoms with Gasteiger partial charge < -0.3 is 0 Å². The van der Waals surface area contributed by atoms with Crippen LogP contribution in [-0.4, -0.2) is 33.8 Å². The molecule has 1 aromatic rings. The number of rotatable bonds is 14. The molecule has 0 aliphatic carbocycles. The molecule has 0 bridgehead atoms. The molecule has 1 atom stereocenters. The van der Waals surface area contributed by atoms with Crippen LogP contribution in [0.3, 0.4) is 0 Å². The van der Waals surface area contributed by atoms with E-state index in [1.165, 1.54) is 57.4 Å². The molecular weight excluding hydrogens is 455 g/mol. The van der Waals surface area contributed by atoms with Gasteiger partial charge in [0.2, 0.25) is 0 Å². The number of unbranched alkanes of at least 4 members (excludes halogenated alkanes) is 3. The molecule has 0 radical (unpaired) electrons. The van der Waals surface area contributed by atoms with Crippen LogP contribution < -0.4 is 4.74 Å². The van der Waals surface area contributed by atoms with E-state index in [1.54, 1.807) is 0 Å². The molecule has 0 fully saturated rings. The Hall–Kier alpha value is -0.00442. The molecule has 0 heterocycles. The SMILES string of the molecule is CCC[CH2][Sn]([CH2]CCC)([CH2]CCC)[CH](O[Si](C)(C)C)c1ccccc1OC. The average Bonchev–Trinajstić information content (AvgIpc) is 2.65. The topological polar surface area (TPSA) is 18.5 Å². The van der Waals surface area contributed by atoms with Gasteiger partial charge in [-0.15, -0.1) is 0 Å². The zero-order valence-electron chi connectivity index (χ0n) is 19.1. The van der Waals surface area contributed by atoms with Crippen molar-refractivity contribution in [2.24, 2.45) is 0 Å². The summed E-state index contributed by atoms with van der Waals surface area (Å²) in [6.07, 6.45) is 7.98. The Bertz CT molecular complexity index is 506. The van der Waals surface area contributed by atoms with Crippen molar-refractivity contribution in [3.05, 3.63) is 29.8 Å². The molecule has 0 saturated carbocycles. The summed E-state index contributed by atoms with van der Waals surface area (Å²) in [6, 6.07) is 8.69. The van der Waals surface area contributed by atoms with Crippen molar-refractivity contribution in [3.8, 4) is 5.75 Å². The zero-order chi connectivity index (χ0) is 20.3. The van der Waals surface area contributed by atoms with Crippen LogP contribution in [0.25, 0.3) is 0 Å². The van der Waals surface area contributed by atoms with Crippen LogP contribution in [0.2, 0.25) is 33.0 Å². The molecule has 2 nitrogen and oxygen atoms in total. The van der Waals surface area contributed by atoms with Gasteiger partial charge in [-0.25, -0.2) is 0 Å². The molecule has 4 heteroatoms. The van der Waals surface area contributed by atoms with E-state index in [0.717, 1.165) is 5.75 Å². The maximum atomic E-state index is 7.08. The normalized spacial score (nSPS) is 13.6. The Morgan fingerprint density at radius 3 is 1.74 bits per heavy atom. The van der Waals surface area contributed by atoms with E-state index >= 15 is 0 Å². The van der Waals surface area contributed by atoms with Gasteiger partial charge in [0.1, 0.15) is 0 Å². The van der Waals surface area contributed by atoms with Gasteiger partial charge in [0.05, 0.1) is 0 Å². The molecule has 0 aliphatic heterocycles. The van der Waals surface area contributed by atoms with Crippen molar-refractivity contribution >= 4 is 26.7 Å². The molecule has 1 aromatic carbocycles. The zero-order valence-corrected chi connectivity index (χ0v) is 22.9. The minimum atomic E-state index is -2.61. The first-order valence-corrected chi connectivity index (χ1v) is 22.2. The van der Waals surface area contributed by atoms with Crippen LogP contribution in [0.1, 0.15) is 69.0 Å². The third kappa shape index (κ3) is 8.10. The molecular formula is C23H44O2SiSn. The van der Waals surface area contributed by atoms with Gasteiger partial charge in [0.15, 0.2) is 0 Å². The number of para-hydroxylation sites is 1. The van der Waals surface area contributed by atoms with Crippen LogP contribution in [0.5, 0.6) is 5.75 Å². The fourth-order valence-corrected chi connectivity index (χ4v) is 26.4. The Labute approximate surface area is 174 Å². The van der Waals surface area contributed by atoms with Crippen LogP contribution in [0, 0.1) is 0 Å². The van der Waals surface area contributed by atoms with E-state index < -0.39 is 26.7 Å². The van der Waals surface area contributed by atoms with E-state index in [9.17, 15) is 0 Å². The Morgan fingerprint density at radius 1 is 0.852 bits per heavy atom. The van der Waals surface area contributed by atoms with Gasteiger partial charge in [-0.3, -0.25) is 0 Å².